The van der Waals surface area contributed by atoms with Crippen molar-refractivity contribution in [3.05, 3.63) is 21.0 Å². The number of hydrogen-bond acceptors (Lipinski definition) is 4. The van der Waals surface area contributed by atoms with E-state index in [1.165, 1.54) is 19.3 Å². The van der Waals surface area contributed by atoms with Crippen LogP contribution in [0.4, 0.5) is 5.69 Å². The van der Waals surface area contributed by atoms with Gasteiger partial charge in [-0.15, -0.1) is 0 Å². The van der Waals surface area contributed by atoms with E-state index in [-0.39, 0.29) is 5.56 Å². The molecule has 0 radical (unpaired) electrons. The Balaban J connectivity index is 1.88. The molecule has 20 heavy (non-hydrogen) atoms. The van der Waals surface area contributed by atoms with Gasteiger partial charge in [0.1, 0.15) is 5.69 Å². The van der Waals surface area contributed by atoms with Crippen LogP contribution in [0.25, 0.3) is 0 Å². The largest absolute Gasteiger partial charge is 0.363 e. The Kier molecular flexibility index (Phi) is 4.12. The molecule has 1 aliphatic heterocycles. The first-order chi connectivity index (χ1) is 9.65. The molecule has 6 heteroatoms. The molecule has 1 saturated carbocycles. The van der Waals surface area contributed by atoms with Crippen molar-refractivity contribution in [1.82, 2.24) is 15.1 Å². The van der Waals surface area contributed by atoms with Gasteiger partial charge in [-0.05, 0) is 41.6 Å². The van der Waals surface area contributed by atoms with E-state index >= 15 is 0 Å². The summed E-state index contributed by atoms with van der Waals surface area (Å²) in [6, 6.07) is 0.406. The maximum atomic E-state index is 12.7. The molecular weight excluding hydrogens is 320 g/mol. The molecule has 2 aliphatic rings. The standard InChI is InChI=1S/C14H21BrN4O/c1-10-8-18(6-5-16-10)13-12(15)7-17-19(14(13)20)9-11-3-2-4-11/h7,10-11,16H,2-6,8-9H2,1H3/t10-/m0/s1. The van der Waals surface area contributed by atoms with Crippen molar-refractivity contribution < 1.29 is 0 Å². The van der Waals surface area contributed by atoms with E-state index in [1.807, 2.05) is 0 Å². The first-order valence-corrected chi connectivity index (χ1v) is 8.18. The highest BCUT2D eigenvalue weighted by Gasteiger charge is 2.24. The SMILES string of the molecule is C[C@H]1CN(c2c(Br)cnn(CC3CCC3)c2=O)CCN1. The Morgan fingerprint density at radius 1 is 1.50 bits per heavy atom. The van der Waals surface area contributed by atoms with Crippen molar-refractivity contribution in [2.45, 2.75) is 38.8 Å². The fourth-order valence-corrected chi connectivity index (χ4v) is 3.44. The summed E-state index contributed by atoms with van der Waals surface area (Å²) in [5.74, 6) is 0.635. The van der Waals surface area contributed by atoms with Crippen LogP contribution >= 0.6 is 15.9 Å². The lowest BCUT2D eigenvalue weighted by molar-refractivity contribution is 0.261. The number of anilines is 1. The fourth-order valence-electron chi connectivity index (χ4n) is 2.93. The van der Waals surface area contributed by atoms with Crippen molar-refractivity contribution in [2.24, 2.45) is 5.92 Å². The molecule has 1 atom stereocenters. The minimum absolute atomic E-state index is 0.0420. The number of nitrogens with zero attached hydrogens (tertiary/aromatic N) is 3. The van der Waals surface area contributed by atoms with Crippen molar-refractivity contribution in [1.29, 1.82) is 0 Å². The van der Waals surface area contributed by atoms with Crippen LogP contribution in [0.3, 0.4) is 0 Å². The van der Waals surface area contributed by atoms with E-state index in [4.69, 9.17) is 0 Å². The lowest BCUT2D eigenvalue weighted by Gasteiger charge is -2.34. The molecule has 0 spiro atoms. The summed E-state index contributed by atoms with van der Waals surface area (Å²) >= 11 is 3.50. The Bertz CT molecular complexity index is 540. The predicted molar refractivity (Wildman–Crippen MR) is 83.2 cm³/mol. The zero-order valence-corrected chi connectivity index (χ0v) is 13.4. The number of hydrogen-bond donors (Lipinski definition) is 1. The predicted octanol–water partition coefficient (Wildman–Crippen LogP) is 1.60. The van der Waals surface area contributed by atoms with Crippen molar-refractivity contribution in [3.63, 3.8) is 0 Å². The van der Waals surface area contributed by atoms with E-state index in [9.17, 15) is 4.79 Å². The number of piperazine rings is 1. The van der Waals surface area contributed by atoms with Gasteiger partial charge >= 0.3 is 0 Å². The molecule has 0 amide bonds. The summed E-state index contributed by atoms with van der Waals surface area (Å²) < 4.78 is 2.46. The molecule has 2 heterocycles. The second-order valence-corrected chi connectivity index (χ2v) is 6.78. The maximum Gasteiger partial charge on any atom is 0.291 e. The van der Waals surface area contributed by atoms with Gasteiger partial charge in [0.2, 0.25) is 0 Å². The molecule has 5 nitrogen and oxygen atoms in total. The zero-order chi connectivity index (χ0) is 14.1. The van der Waals surface area contributed by atoms with Gasteiger partial charge in [0.05, 0.1) is 10.7 Å². The van der Waals surface area contributed by atoms with Gasteiger partial charge in [-0.25, -0.2) is 4.68 Å². The van der Waals surface area contributed by atoms with Crippen LogP contribution < -0.4 is 15.8 Å². The molecule has 0 unspecified atom stereocenters. The maximum absolute atomic E-state index is 12.7. The molecule has 1 aromatic rings. The first kappa shape index (κ1) is 14.1. The molecule has 0 bridgehead atoms. The number of rotatable bonds is 3. The topological polar surface area (TPSA) is 50.2 Å². The quantitative estimate of drug-likeness (QED) is 0.908. The van der Waals surface area contributed by atoms with Crippen LogP contribution in [0.5, 0.6) is 0 Å². The van der Waals surface area contributed by atoms with E-state index in [0.29, 0.717) is 12.0 Å². The summed E-state index contributed by atoms with van der Waals surface area (Å²) in [7, 11) is 0. The minimum Gasteiger partial charge on any atom is -0.363 e. The van der Waals surface area contributed by atoms with Gasteiger partial charge in [-0.1, -0.05) is 6.42 Å². The number of nitrogens with one attached hydrogen (secondary N) is 1. The van der Waals surface area contributed by atoms with E-state index in [0.717, 1.165) is 36.3 Å². The monoisotopic (exact) mass is 340 g/mol. The minimum atomic E-state index is 0.0420. The molecule has 3 rings (SSSR count). The molecule has 1 N–H and O–H groups in total. The van der Waals surface area contributed by atoms with Crippen LogP contribution in [0.1, 0.15) is 26.2 Å². The highest BCUT2D eigenvalue weighted by atomic mass is 79.9. The lowest BCUT2D eigenvalue weighted by atomic mass is 9.85. The third-order valence-electron chi connectivity index (χ3n) is 4.31. The van der Waals surface area contributed by atoms with Gasteiger partial charge in [-0.2, -0.15) is 5.10 Å². The van der Waals surface area contributed by atoms with Crippen molar-refractivity contribution >= 4 is 21.6 Å². The lowest BCUT2D eigenvalue weighted by Crippen LogP contribution is -2.51. The third-order valence-corrected chi connectivity index (χ3v) is 4.89. The summed E-state index contributed by atoms with van der Waals surface area (Å²) in [6.45, 7) is 5.56. The summed E-state index contributed by atoms with van der Waals surface area (Å²) in [5, 5.41) is 7.69. The second kappa shape index (κ2) is 5.85. The Hall–Kier alpha value is -0.880. The fraction of sp³-hybridized carbons (Fsp3) is 0.714. The van der Waals surface area contributed by atoms with E-state index < -0.39 is 0 Å². The smallest absolute Gasteiger partial charge is 0.291 e. The Morgan fingerprint density at radius 3 is 2.95 bits per heavy atom. The van der Waals surface area contributed by atoms with Crippen LogP contribution in [0, 0.1) is 5.92 Å². The van der Waals surface area contributed by atoms with Crippen LogP contribution in [0.2, 0.25) is 0 Å². The van der Waals surface area contributed by atoms with E-state index in [2.05, 4.69) is 38.2 Å². The molecule has 2 fully saturated rings. The molecule has 1 aliphatic carbocycles. The Morgan fingerprint density at radius 2 is 2.30 bits per heavy atom. The van der Waals surface area contributed by atoms with Crippen molar-refractivity contribution in [2.75, 3.05) is 24.5 Å². The molecule has 110 valence electrons. The zero-order valence-electron chi connectivity index (χ0n) is 11.8. The highest BCUT2D eigenvalue weighted by Crippen LogP contribution is 2.28. The molecule has 0 aromatic carbocycles. The molecule has 1 saturated heterocycles. The second-order valence-electron chi connectivity index (χ2n) is 5.93. The van der Waals surface area contributed by atoms with E-state index in [1.54, 1.807) is 10.9 Å². The van der Waals surface area contributed by atoms with Gasteiger partial charge in [0, 0.05) is 32.2 Å². The van der Waals surface area contributed by atoms with Crippen molar-refractivity contribution in [3.8, 4) is 0 Å². The van der Waals surface area contributed by atoms with Gasteiger partial charge in [-0.3, -0.25) is 4.79 Å². The average molecular weight is 341 g/mol. The van der Waals surface area contributed by atoms with Gasteiger partial charge in [0.15, 0.2) is 0 Å². The summed E-state index contributed by atoms with van der Waals surface area (Å²) in [5.41, 5.74) is 0.813. The Labute approximate surface area is 127 Å². The van der Waals surface area contributed by atoms with Crippen LogP contribution in [-0.4, -0.2) is 35.5 Å². The normalized spacial score (nSPS) is 23.7. The summed E-state index contributed by atoms with van der Waals surface area (Å²) in [4.78, 5) is 14.9. The molecular formula is C14H21BrN4O. The highest BCUT2D eigenvalue weighted by molar-refractivity contribution is 9.10. The third kappa shape index (κ3) is 2.76. The average Bonchev–Trinajstić information content (AvgIpc) is 2.36. The van der Waals surface area contributed by atoms with Crippen LogP contribution in [0.15, 0.2) is 15.5 Å². The van der Waals surface area contributed by atoms with Gasteiger partial charge < -0.3 is 10.2 Å². The first-order valence-electron chi connectivity index (χ1n) is 7.39. The number of halogens is 1. The number of aromatic nitrogens is 2. The van der Waals surface area contributed by atoms with Gasteiger partial charge in [0.25, 0.3) is 5.56 Å². The molecule has 1 aromatic heterocycles. The van der Waals surface area contributed by atoms with Crippen LogP contribution in [-0.2, 0) is 6.54 Å². The summed E-state index contributed by atoms with van der Waals surface area (Å²) in [6.07, 6.45) is 5.51.